The zero-order valence-corrected chi connectivity index (χ0v) is 12.1. The van der Waals surface area contributed by atoms with E-state index in [1.165, 1.54) is 5.56 Å². The highest BCUT2D eigenvalue weighted by Crippen LogP contribution is 2.41. The van der Waals surface area contributed by atoms with E-state index in [9.17, 15) is 9.90 Å². The summed E-state index contributed by atoms with van der Waals surface area (Å²) in [6.45, 7) is 4.90. The molecule has 0 amide bonds. The second-order valence-corrected chi connectivity index (χ2v) is 6.64. The third kappa shape index (κ3) is 2.27. The molecule has 1 aliphatic heterocycles. The van der Waals surface area contributed by atoms with E-state index in [4.69, 9.17) is 0 Å². The summed E-state index contributed by atoms with van der Waals surface area (Å²) < 4.78 is 0. The Hall–Kier alpha value is -1.61. The van der Waals surface area contributed by atoms with Crippen molar-refractivity contribution in [3.8, 4) is 0 Å². The van der Waals surface area contributed by atoms with Gasteiger partial charge in [-0.2, -0.15) is 0 Å². The Morgan fingerprint density at radius 2 is 2.00 bits per heavy atom. The Balaban J connectivity index is 2.04. The van der Waals surface area contributed by atoms with Crippen LogP contribution in [0.2, 0.25) is 0 Å². The van der Waals surface area contributed by atoms with E-state index in [0.29, 0.717) is 18.4 Å². The number of carbonyl (C=O) groups excluding carboxylic acids is 1. The van der Waals surface area contributed by atoms with Crippen molar-refractivity contribution in [2.75, 3.05) is 6.54 Å². The number of rotatable bonds is 1. The first-order valence-electron chi connectivity index (χ1n) is 7.24. The van der Waals surface area contributed by atoms with Gasteiger partial charge < -0.3 is 10.4 Å². The summed E-state index contributed by atoms with van der Waals surface area (Å²) in [5, 5.41) is 13.8. The van der Waals surface area contributed by atoms with E-state index in [0.717, 1.165) is 18.5 Å². The summed E-state index contributed by atoms with van der Waals surface area (Å²) >= 11 is 0. The summed E-state index contributed by atoms with van der Waals surface area (Å²) in [6.07, 6.45) is 2.06. The second-order valence-electron chi connectivity index (χ2n) is 6.64. The first-order chi connectivity index (χ1) is 9.48. The number of benzene rings is 1. The number of ketones is 1. The maximum absolute atomic E-state index is 12.5. The van der Waals surface area contributed by atoms with Crippen LogP contribution in [0, 0.1) is 5.41 Å². The van der Waals surface area contributed by atoms with Gasteiger partial charge in [0.2, 0.25) is 0 Å². The van der Waals surface area contributed by atoms with Gasteiger partial charge in [0, 0.05) is 19.4 Å². The number of allylic oxidation sites excluding steroid dienone is 1. The smallest absolute Gasteiger partial charge is 0.164 e. The molecular weight excluding hydrogens is 250 g/mol. The Kier molecular flexibility index (Phi) is 3.17. The minimum Gasteiger partial charge on any atom is -0.512 e. The van der Waals surface area contributed by atoms with Crippen LogP contribution in [-0.2, 0) is 11.2 Å². The third-order valence-corrected chi connectivity index (χ3v) is 4.29. The number of carbonyl (C=O) groups is 1. The molecule has 0 bridgehead atoms. The molecule has 0 radical (unpaired) electrons. The zero-order valence-electron chi connectivity index (χ0n) is 12.1. The molecule has 3 heteroatoms. The molecule has 1 aliphatic carbocycles. The number of hydrogen-bond acceptors (Lipinski definition) is 3. The molecule has 0 unspecified atom stereocenters. The van der Waals surface area contributed by atoms with Crippen molar-refractivity contribution >= 4 is 5.78 Å². The van der Waals surface area contributed by atoms with E-state index < -0.39 is 0 Å². The maximum Gasteiger partial charge on any atom is 0.164 e. The van der Waals surface area contributed by atoms with Gasteiger partial charge in [-0.05, 0) is 23.0 Å². The lowest BCUT2D eigenvalue weighted by atomic mass is 9.73. The quantitative estimate of drug-likeness (QED) is 0.825. The highest BCUT2D eigenvalue weighted by molar-refractivity contribution is 5.98. The molecule has 0 fully saturated rings. The van der Waals surface area contributed by atoms with Crippen molar-refractivity contribution in [2.45, 2.75) is 39.2 Å². The molecular formula is C17H21NO2. The molecule has 1 aromatic rings. The predicted octanol–water partition coefficient (Wildman–Crippen LogP) is 3.07. The Bertz CT molecular complexity index is 586. The lowest BCUT2D eigenvalue weighted by molar-refractivity contribution is -0.119. The maximum atomic E-state index is 12.5. The van der Waals surface area contributed by atoms with Crippen LogP contribution < -0.4 is 5.32 Å². The van der Waals surface area contributed by atoms with Crippen LogP contribution in [0.25, 0.3) is 0 Å². The predicted molar refractivity (Wildman–Crippen MR) is 78.6 cm³/mol. The summed E-state index contributed by atoms with van der Waals surface area (Å²) in [6, 6.07) is 8.04. The first kappa shape index (κ1) is 13.4. The summed E-state index contributed by atoms with van der Waals surface area (Å²) in [5.41, 5.74) is 2.85. The van der Waals surface area contributed by atoms with Crippen LogP contribution in [0.15, 0.2) is 35.6 Å². The minimum absolute atomic E-state index is 0.0768. The average Bonchev–Trinajstić information content (AvgIpc) is 2.36. The van der Waals surface area contributed by atoms with Gasteiger partial charge in [0.1, 0.15) is 5.76 Å². The molecule has 2 aliphatic rings. The van der Waals surface area contributed by atoms with Gasteiger partial charge in [-0.3, -0.25) is 4.79 Å². The fourth-order valence-corrected chi connectivity index (χ4v) is 3.39. The summed E-state index contributed by atoms with van der Waals surface area (Å²) in [5.74, 6) is 0.341. The standard InChI is InChI=1S/C17H21NO2/c1-17(2)9-13(19)15(14(20)10-17)16-12-6-4-3-5-11(12)7-8-18-16/h3-6,16,18-19H,7-10H2,1-2H3/t16-/m0/s1. The fraction of sp³-hybridized carbons (Fsp3) is 0.471. The van der Waals surface area contributed by atoms with Gasteiger partial charge in [0.15, 0.2) is 5.78 Å². The van der Waals surface area contributed by atoms with Crippen LogP contribution in [0.1, 0.15) is 43.9 Å². The molecule has 20 heavy (non-hydrogen) atoms. The Labute approximate surface area is 119 Å². The van der Waals surface area contributed by atoms with Crippen molar-refractivity contribution in [2.24, 2.45) is 5.41 Å². The Morgan fingerprint density at radius 3 is 2.75 bits per heavy atom. The van der Waals surface area contributed by atoms with Gasteiger partial charge in [0.05, 0.1) is 11.6 Å². The highest BCUT2D eigenvalue weighted by Gasteiger charge is 2.37. The average molecular weight is 271 g/mol. The lowest BCUT2D eigenvalue weighted by Gasteiger charge is -2.35. The molecule has 106 valence electrons. The molecule has 2 N–H and O–H groups in total. The SMILES string of the molecule is CC1(C)CC(=O)C([C@H]2NCCc3ccccc32)=C(O)C1. The van der Waals surface area contributed by atoms with Crippen LogP contribution in [0.3, 0.4) is 0 Å². The minimum atomic E-state index is -0.149. The van der Waals surface area contributed by atoms with E-state index in [-0.39, 0.29) is 23.0 Å². The van der Waals surface area contributed by atoms with Crippen molar-refractivity contribution in [3.05, 3.63) is 46.7 Å². The van der Waals surface area contributed by atoms with Gasteiger partial charge in [0.25, 0.3) is 0 Å². The largest absolute Gasteiger partial charge is 0.512 e. The van der Waals surface area contributed by atoms with Crippen LogP contribution >= 0.6 is 0 Å². The van der Waals surface area contributed by atoms with Crippen LogP contribution in [0.5, 0.6) is 0 Å². The lowest BCUT2D eigenvalue weighted by Crippen LogP contribution is -2.37. The molecule has 3 rings (SSSR count). The second kappa shape index (κ2) is 4.74. The Morgan fingerprint density at radius 1 is 1.25 bits per heavy atom. The van der Waals surface area contributed by atoms with E-state index >= 15 is 0 Å². The van der Waals surface area contributed by atoms with Crippen molar-refractivity contribution in [1.82, 2.24) is 5.32 Å². The van der Waals surface area contributed by atoms with Crippen LogP contribution in [0.4, 0.5) is 0 Å². The number of aliphatic hydroxyl groups excluding tert-OH is 1. The number of fused-ring (bicyclic) bond motifs is 1. The van der Waals surface area contributed by atoms with Crippen molar-refractivity contribution < 1.29 is 9.90 Å². The van der Waals surface area contributed by atoms with Gasteiger partial charge >= 0.3 is 0 Å². The van der Waals surface area contributed by atoms with Gasteiger partial charge in [-0.25, -0.2) is 0 Å². The van der Waals surface area contributed by atoms with Crippen LogP contribution in [-0.4, -0.2) is 17.4 Å². The summed E-state index contributed by atoms with van der Waals surface area (Å²) in [4.78, 5) is 12.5. The monoisotopic (exact) mass is 271 g/mol. The zero-order chi connectivity index (χ0) is 14.3. The number of Topliss-reactive ketones (excluding diaryl/α,β-unsaturated/α-hetero) is 1. The number of nitrogens with one attached hydrogen (secondary N) is 1. The topological polar surface area (TPSA) is 49.3 Å². The van der Waals surface area contributed by atoms with E-state index in [1.54, 1.807) is 0 Å². The molecule has 0 aromatic heterocycles. The molecule has 0 saturated carbocycles. The molecule has 1 heterocycles. The van der Waals surface area contributed by atoms with E-state index in [2.05, 4.69) is 17.4 Å². The molecule has 0 spiro atoms. The molecule has 1 aromatic carbocycles. The number of hydrogen-bond donors (Lipinski definition) is 2. The van der Waals surface area contributed by atoms with Crippen molar-refractivity contribution in [1.29, 1.82) is 0 Å². The number of aliphatic hydroxyl groups is 1. The summed E-state index contributed by atoms with van der Waals surface area (Å²) in [7, 11) is 0. The fourth-order valence-electron chi connectivity index (χ4n) is 3.39. The molecule has 0 saturated heterocycles. The van der Waals surface area contributed by atoms with Gasteiger partial charge in [-0.1, -0.05) is 38.1 Å². The molecule has 1 atom stereocenters. The molecule has 3 nitrogen and oxygen atoms in total. The third-order valence-electron chi connectivity index (χ3n) is 4.29. The van der Waals surface area contributed by atoms with Crippen molar-refractivity contribution in [3.63, 3.8) is 0 Å². The first-order valence-corrected chi connectivity index (χ1v) is 7.24. The highest BCUT2D eigenvalue weighted by atomic mass is 16.3. The normalized spacial score (nSPS) is 25.5. The van der Waals surface area contributed by atoms with Gasteiger partial charge in [-0.15, -0.1) is 0 Å². The van der Waals surface area contributed by atoms with E-state index in [1.807, 2.05) is 26.0 Å².